The average molecular weight is 419 g/mol. The predicted octanol–water partition coefficient (Wildman–Crippen LogP) is 5.25. The molecule has 0 bridgehead atoms. The first-order chi connectivity index (χ1) is 14.1. The number of allylic oxidation sites excluding steroid dienone is 2. The summed E-state index contributed by atoms with van der Waals surface area (Å²) in [4.78, 5) is 12.7. The molecule has 0 aromatic carbocycles. The third-order valence-corrected chi connectivity index (χ3v) is 7.98. The maximum Gasteiger partial charge on any atom is 0.461 e. The van der Waals surface area contributed by atoms with E-state index in [0.29, 0.717) is 5.82 Å². The van der Waals surface area contributed by atoms with Crippen LogP contribution in [0.1, 0.15) is 92.9 Å². The lowest BCUT2D eigenvalue weighted by molar-refractivity contribution is -0.160. The molecule has 6 heteroatoms. The van der Waals surface area contributed by atoms with Crippen molar-refractivity contribution in [3.63, 3.8) is 0 Å². The number of unbranched alkanes of at least 4 members (excludes halogenated alkanes) is 2. The van der Waals surface area contributed by atoms with Gasteiger partial charge in [-0.25, -0.2) is 0 Å². The minimum Gasteiger partial charge on any atom is -0.446 e. The molecular weight excluding hydrogens is 377 g/mol. The predicted molar refractivity (Wildman–Crippen MR) is 121 cm³/mol. The van der Waals surface area contributed by atoms with Gasteiger partial charge in [-0.3, -0.25) is 10.1 Å². The minimum atomic E-state index is -0.296. The van der Waals surface area contributed by atoms with Crippen LogP contribution < -0.4 is 5.32 Å². The highest BCUT2D eigenvalue weighted by atomic mass is 16.7. The Labute approximate surface area is 183 Å². The van der Waals surface area contributed by atoms with Gasteiger partial charge in [-0.2, -0.15) is 0 Å². The number of rotatable bonds is 8. The fraction of sp³-hybridized carbons (Fsp3) is 0.875. The van der Waals surface area contributed by atoms with Gasteiger partial charge >= 0.3 is 13.1 Å². The second kappa shape index (κ2) is 9.34. The van der Waals surface area contributed by atoms with Crippen molar-refractivity contribution in [2.45, 2.75) is 116 Å². The average Bonchev–Trinajstić information content (AvgIpc) is 3.33. The molecule has 4 unspecified atom stereocenters. The van der Waals surface area contributed by atoms with Crippen molar-refractivity contribution >= 4 is 13.1 Å². The summed E-state index contributed by atoms with van der Waals surface area (Å²) < 4.78 is 18.7. The van der Waals surface area contributed by atoms with E-state index in [1.54, 1.807) is 0 Å². The molecule has 0 amide bonds. The van der Waals surface area contributed by atoms with Crippen LogP contribution in [-0.4, -0.2) is 37.1 Å². The van der Waals surface area contributed by atoms with E-state index in [1.807, 2.05) is 13.8 Å². The van der Waals surface area contributed by atoms with Gasteiger partial charge in [0.05, 0.1) is 17.1 Å². The summed E-state index contributed by atoms with van der Waals surface area (Å²) in [7, 11) is -0.164. The van der Waals surface area contributed by atoms with Crippen LogP contribution >= 0.6 is 0 Å². The van der Waals surface area contributed by atoms with E-state index < -0.39 is 0 Å². The number of ether oxygens (including phenoxy) is 1. The molecule has 3 fully saturated rings. The molecule has 0 aromatic rings. The van der Waals surface area contributed by atoms with Crippen LogP contribution in [0.3, 0.4) is 0 Å². The Hall–Kier alpha value is -0.845. The van der Waals surface area contributed by atoms with Crippen molar-refractivity contribution in [1.82, 2.24) is 5.32 Å². The molecule has 0 aromatic heterocycles. The Bertz CT molecular complexity index is 619. The summed E-state index contributed by atoms with van der Waals surface area (Å²) in [6, 6.07) is 0. The zero-order valence-electron chi connectivity index (χ0n) is 20.0. The van der Waals surface area contributed by atoms with Gasteiger partial charge in [0, 0.05) is 5.41 Å². The standard InChI is InChI=1S/C24H42BNO4/c1-7-8-9-10-11-12-18(2)20(27)28-21-24(15-16-26-21)14-13-19(17-24)25-29-22(3,4)23(5,6)30-25/h7-8,18-19,21,26H,9-17H2,1-6H3. The summed E-state index contributed by atoms with van der Waals surface area (Å²) in [5.41, 5.74) is -0.569. The van der Waals surface area contributed by atoms with E-state index in [0.717, 1.165) is 57.9 Å². The van der Waals surface area contributed by atoms with Crippen LogP contribution in [0, 0.1) is 11.3 Å². The normalized spacial score (nSPS) is 33.6. The number of hydrogen-bond donors (Lipinski definition) is 1. The molecule has 0 radical (unpaired) electrons. The van der Waals surface area contributed by atoms with Gasteiger partial charge in [0.1, 0.15) is 0 Å². The second-order valence-electron chi connectivity index (χ2n) is 10.8. The van der Waals surface area contributed by atoms with E-state index in [2.05, 4.69) is 45.2 Å². The zero-order chi connectivity index (χ0) is 22.0. The lowest BCUT2D eigenvalue weighted by Crippen LogP contribution is -2.41. The molecule has 30 heavy (non-hydrogen) atoms. The van der Waals surface area contributed by atoms with Crippen LogP contribution in [0.2, 0.25) is 5.82 Å². The third kappa shape index (κ3) is 4.97. The number of carbonyl (C=O) groups excluding carboxylic acids is 1. The Morgan fingerprint density at radius 2 is 1.90 bits per heavy atom. The molecule has 1 N–H and O–H groups in total. The van der Waals surface area contributed by atoms with Crippen molar-refractivity contribution in [2.24, 2.45) is 11.3 Å². The topological polar surface area (TPSA) is 56.8 Å². The quantitative estimate of drug-likeness (QED) is 0.252. The maximum atomic E-state index is 12.7. The maximum absolute atomic E-state index is 12.7. The number of hydrogen-bond acceptors (Lipinski definition) is 5. The Kier molecular flexibility index (Phi) is 7.41. The lowest BCUT2D eigenvalue weighted by atomic mass is 9.68. The van der Waals surface area contributed by atoms with Gasteiger partial charge in [-0.15, -0.1) is 0 Å². The number of carbonyl (C=O) groups is 1. The van der Waals surface area contributed by atoms with E-state index in [9.17, 15) is 4.79 Å². The molecule has 3 aliphatic rings. The van der Waals surface area contributed by atoms with E-state index in [4.69, 9.17) is 14.0 Å². The molecule has 2 saturated heterocycles. The van der Waals surface area contributed by atoms with Crippen LogP contribution in [0.25, 0.3) is 0 Å². The zero-order valence-corrected chi connectivity index (χ0v) is 20.0. The van der Waals surface area contributed by atoms with Crippen molar-refractivity contribution in [3.8, 4) is 0 Å². The van der Waals surface area contributed by atoms with Crippen molar-refractivity contribution in [3.05, 3.63) is 12.2 Å². The third-order valence-electron chi connectivity index (χ3n) is 7.98. The smallest absolute Gasteiger partial charge is 0.446 e. The molecule has 4 atom stereocenters. The Morgan fingerprint density at radius 1 is 1.20 bits per heavy atom. The van der Waals surface area contributed by atoms with Crippen LogP contribution in [0.5, 0.6) is 0 Å². The summed E-state index contributed by atoms with van der Waals surface area (Å²) >= 11 is 0. The van der Waals surface area contributed by atoms with Crippen molar-refractivity contribution in [2.75, 3.05) is 6.54 Å². The summed E-state index contributed by atoms with van der Waals surface area (Å²) in [5, 5.41) is 3.47. The second-order valence-corrected chi connectivity index (χ2v) is 10.8. The fourth-order valence-electron chi connectivity index (χ4n) is 5.17. The van der Waals surface area contributed by atoms with E-state index in [-0.39, 0.29) is 41.9 Å². The summed E-state index contributed by atoms with van der Waals surface area (Å²) in [5.74, 6) is 0.255. The SMILES string of the molecule is CC=CCCCCC(C)C(=O)OC1NCCC12CCC(B1OC(C)(C)C(C)(C)O1)C2. The highest BCUT2D eigenvalue weighted by molar-refractivity contribution is 6.47. The molecule has 1 spiro atoms. The monoisotopic (exact) mass is 419 g/mol. The summed E-state index contributed by atoms with van der Waals surface area (Å²) in [6.07, 6.45) is 12.4. The van der Waals surface area contributed by atoms with E-state index in [1.165, 1.54) is 0 Å². The van der Waals surface area contributed by atoms with Crippen molar-refractivity contribution in [1.29, 1.82) is 0 Å². The van der Waals surface area contributed by atoms with E-state index >= 15 is 0 Å². The number of nitrogens with one attached hydrogen (secondary N) is 1. The molecule has 2 aliphatic heterocycles. The molecule has 2 heterocycles. The molecule has 5 nitrogen and oxygen atoms in total. The van der Waals surface area contributed by atoms with Gasteiger partial charge in [0.25, 0.3) is 0 Å². The van der Waals surface area contributed by atoms with Crippen LogP contribution in [-0.2, 0) is 18.8 Å². The van der Waals surface area contributed by atoms with Crippen molar-refractivity contribution < 1.29 is 18.8 Å². The molecule has 1 aliphatic carbocycles. The minimum absolute atomic E-state index is 0.0234. The van der Waals surface area contributed by atoms with Gasteiger partial charge < -0.3 is 14.0 Å². The van der Waals surface area contributed by atoms with Gasteiger partial charge in [0.2, 0.25) is 0 Å². The highest BCUT2D eigenvalue weighted by Gasteiger charge is 2.59. The largest absolute Gasteiger partial charge is 0.461 e. The fourth-order valence-corrected chi connectivity index (χ4v) is 5.17. The first kappa shape index (κ1) is 23.8. The molecule has 3 rings (SSSR count). The summed E-state index contributed by atoms with van der Waals surface area (Å²) in [6.45, 7) is 13.4. The number of esters is 1. The highest BCUT2D eigenvalue weighted by Crippen LogP contribution is 2.55. The Balaban J connectivity index is 1.52. The van der Waals surface area contributed by atoms with Gasteiger partial charge in [-0.05, 0) is 85.5 Å². The lowest BCUT2D eigenvalue weighted by Gasteiger charge is -2.32. The van der Waals surface area contributed by atoms with Crippen LogP contribution in [0.15, 0.2) is 12.2 Å². The van der Waals surface area contributed by atoms with Gasteiger partial charge in [-0.1, -0.05) is 31.9 Å². The molecule has 1 saturated carbocycles. The molecule has 170 valence electrons. The Morgan fingerprint density at radius 3 is 2.57 bits per heavy atom. The molecular formula is C24H42BNO4. The first-order valence-corrected chi connectivity index (χ1v) is 12.0. The van der Waals surface area contributed by atoms with Crippen LogP contribution in [0.4, 0.5) is 0 Å². The first-order valence-electron chi connectivity index (χ1n) is 12.0. The van der Waals surface area contributed by atoms with Gasteiger partial charge in [0.15, 0.2) is 6.23 Å².